The van der Waals surface area contributed by atoms with E-state index in [0.717, 1.165) is 27.7 Å². The first-order valence-electron chi connectivity index (χ1n) is 6.14. The standard InChI is InChI=1S/C16H16BrNO/c1-11-5-3-6-12(2)15(11)18-16(19)14-8-4-7-13(9-14)10-17/h3-9H,10H2,1-2H3,(H,18,19). The van der Waals surface area contributed by atoms with E-state index in [0.29, 0.717) is 5.56 Å². The van der Waals surface area contributed by atoms with Crippen LogP contribution in [0.15, 0.2) is 42.5 Å². The van der Waals surface area contributed by atoms with E-state index in [9.17, 15) is 4.79 Å². The third-order valence-electron chi connectivity index (χ3n) is 3.06. The molecule has 0 radical (unpaired) electrons. The van der Waals surface area contributed by atoms with Gasteiger partial charge in [-0.2, -0.15) is 0 Å². The Labute approximate surface area is 122 Å². The van der Waals surface area contributed by atoms with E-state index < -0.39 is 0 Å². The molecule has 0 heterocycles. The van der Waals surface area contributed by atoms with Crippen LogP contribution in [0.2, 0.25) is 0 Å². The minimum absolute atomic E-state index is 0.0693. The SMILES string of the molecule is Cc1cccc(C)c1NC(=O)c1cccc(CBr)c1. The van der Waals surface area contributed by atoms with Crippen LogP contribution in [0.1, 0.15) is 27.0 Å². The Kier molecular flexibility index (Phi) is 4.38. The molecule has 2 aromatic rings. The molecule has 0 fully saturated rings. The van der Waals surface area contributed by atoms with Crippen molar-refractivity contribution in [2.24, 2.45) is 0 Å². The monoisotopic (exact) mass is 317 g/mol. The van der Waals surface area contributed by atoms with Gasteiger partial charge in [-0.1, -0.05) is 46.3 Å². The molecule has 0 atom stereocenters. The lowest BCUT2D eigenvalue weighted by molar-refractivity contribution is 0.102. The number of aryl methyl sites for hydroxylation is 2. The van der Waals surface area contributed by atoms with E-state index in [1.54, 1.807) is 0 Å². The van der Waals surface area contributed by atoms with Crippen LogP contribution < -0.4 is 5.32 Å². The first-order valence-corrected chi connectivity index (χ1v) is 7.26. The lowest BCUT2D eigenvalue weighted by Gasteiger charge is -2.11. The largest absolute Gasteiger partial charge is 0.322 e. The summed E-state index contributed by atoms with van der Waals surface area (Å²) in [4.78, 5) is 12.3. The van der Waals surface area contributed by atoms with Gasteiger partial charge in [0.25, 0.3) is 5.91 Å². The first kappa shape index (κ1) is 13.8. The number of nitrogens with one attached hydrogen (secondary N) is 1. The molecule has 19 heavy (non-hydrogen) atoms. The summed E-state index contributed by atoms with van der Waals surface area (Å²) in [6, 6.07) is 13.6. The summed E-state index contributed by atoms with van der Waals surface area (Å²) in [5.74, 6) is -0.0693. The lowest BCUT2D eigenvalue weighted by atomic mass is 10.1. The van der Waals surface area contributed by atoms with E-state index in [-0.39, 0.29) is 5.91 Å². The van der Waals surface area contributed by atoms with E-state index in [1.165, 1.54) is 0 Å². The Balaban J connectivity index is 2.25. The predicted molar refractivity (Wildman–Crippen MR) is 82.9 cm³/mol. The highest BCUT2D eigenvalue weighted by molar-refractivity contribution is 9.08. The maximum atomic E-state index is 12.3. The highest BCUT2D eigenvalue weighted by Crippen LogP contribution is 2.20. The molecular weight excluding hydrogens is 302 g/mol. The van der Waals surface area contributed by atoms with Crippen LogP contribution in [-0.2, 0) is 5.33 Å². The Bertz CT molecular complexity index is 587. The molecule has 1 amide bonds. The second-order valence-electron chi connectivity index (χ2n) is 4.55. The Morgan fingerprint density at radius 1 is 1.11 bits per heavy atom. The number of rotatable bonds is 3. The molecule has 0 aliphatic carbocycles. The zero-order valence-corrected chi connectivity index (χ0v) is 12.6. The van der Waals surface area contributed by atoms with E-state index in [2.05, 4.69) is 21.2 Å². The molecule has 1 N–H and O–H groups in total. The van der Waals surface area contributed by atoms with E-state index in [1.807, 2.05) is 56.3 Å². The van der Waals surface area contributed by atoms with E-state index in [4.69, 9.17) is 0 Å². The molecule has 0 aliphatic rings. The summed E-state index contributed by atoms with van der Waals surface area (Å²) in [5.41, 5.74) is 4.82. The van der Waals surface area contributed by atoms with Crippen LogP contribution in [-0.4, -0.2) is 5.91 Å². The van der Waals surface area contributed by atoms with Gasteiger partial charge in [0.15, 0.2) is 0 Å². The van der Waals surface area contributed by atoms with Crippen molar-refractivity contribution in [1.29, 1.82) is 0 Å². The highest BCUT2D eigenvalue weighted by Gasteiger charge is 2.09. The number of para-hydroxylation sites is 1. The number of carbonyl (C=O) groups excluding carboxylic acids is 1. The summed E-state index contributed by atoms with van der Waals surface area (Å²) in [7, 11) is 0. The van der Waals surface area contributed by atoms with Gasteiger partial charge in [0.05, 0.1) is 0 Å². The molecule has 0 aliphatic heterocycles. The Morgan fingerprint density at radius 3 is 2.37 bits per heavy atom. The van der Waals surface area contributed by atoms with Gasteiger partial charge in [-0.25, -0.2) is 0 Å². The van der Waals surface area contributed by atoms with Crippen molar-refractivity contribution in [3.8, 4) is 0 Å². The molecule has 0 bridgehead atoms. The molecule has 98 valence electrons. The fourth-order valence-electron chi connectivity index (χ4n) is 1.99. The number of hydrogen-bond acceptors (Lipinski definition) is 1. The number of hydrogen-bond donors (Lipinski definition) is 1. The summed E-state index contributed by atoms with van der Waals surface area (Å²) in [6.07, 6.45) is 0. The van der Waals surface area contributed by atoms with Gasteiger partial charge in [-0.05, 0) is 42.7 Å². The molecule has 2 aromatic carbocycles. The molecule has 2 nitrogen and oxygen atoms in total. The van der Waals surface area contributed by atoms with Gasteiger partial charge in [0.2, 0.25) is 0 Å². The van der Waals surface area contributed by atoms with Crippen LogP contribution in [0.5, 0.6) is 0 Å². The predicted octanol–water partition coefficient (Wildman–Crippen LogP) is 4.45. The van der Waals surface area contributed by atoms with Crippen LogP contribution in [0.4, 0.5) is 5.69 Å². The molecule has 3 heteroatoms. The molecule has 0 aromatic heterocycles. The number of halogens is 1. The zero-order valence-electron chi connectivity index (χ0n) is 11.0. The third kappa shape index (κ3) is 3.24. The minimum atomic E-state index is -0.0693. The smallest absolute Gasteiger partial charge is 0.255 e. The minimum Gasteiger partial charge on any atom is -0.322 e. The molecule has 0 spiro atoms. The number of alkyl halides is 1. The quantitative estimate of drug-likeness (QED) is 0.832. The van der Waals surface area contributed by atoms with Crippen molar-refractivity contribution < 1.29 is 4.79 Å². The first-order chi connectivity index (χ1) is 9.11. The van der Waals surface area contributed by atoms with Crippen molar-refractivity contribution >= 4 is 27.5 Å². The van der Waals surface area contributed by atoms with Crippen molar-refractivity contribution in [2.75, 3.05) is 5.32 Å². The molecule has 0 saturated carbocycles. The van der Waals surface area contributed by atoms with Gasteiger partial charge >= 0.3 is 0 Å². The Morgan fingerprint density at radius 2 is 1.74 bits per heavy atom. The number of amides is 1. The highest BCUT2D eigenvalue weighted by atomic mass is 79.9. The number of anilines is 1. The maximum Gasteiger partial charge on any atom is 0.255 e. The molecule has 0 saturated heterocycles. The number of carbonyl (C=O) groups is 1. The van der Waals surface area contributed by atoms with Crippen LogP contribution in [0.25, 0.3) is 0 Å². The fourth-order valence-corrected chi connectivity index (χ4v) is 2.34. The lowest BCUT2D eigenvalue weighted by Crippen LogP contribution is -2.13. The van der Waals surface area contributed by atoms with Crippen molar-refractivity contribution in [3.05, 3.63) is 64.7 Å². The third-order valence-corrected chi connectivity index (χ3v) is 3.71. The van der Waals surface area contributed by atoms with Crippen molar-refractivity contribution in [1.82, 2.24) is 0 Å². The summed E-state index contributed by atoms with van der Waals surface area (Å²) < 4.78 is 0. The second-order valence-corrected chi connectivity index (χ2v) is 5.12. The Hall–Kier alpha value is -1.61. The fraction of sp³-hybridized carbons (Fsp3) is 0.188. The van der Waals surface area contributed by atoms with Crippen LogP contribution >= 0.6 is 15.9 Å². The summed E-state index contributed by atoms with van der Waals surface area (Å²) >= 11 is 3.40. The van der Waals surface area contributed by atoms with Gasteiger partial charge in [0, 0.05) is 16.6 Å². The van der Waals surface area contributed by atoms with Gasteiger partial charge in [0.1, 0.15) is 0 Å². The van der Waals surface area contributed by atoms with Crippen molar-refractivity contribution in [3.63, 3.8) is 0 Å². The zero-order chi connectivity index (χ0) is 13.8. The maximum absolute atomic E-state index is 12.3. The normalized spacial score (nSPS) is 10.3. The summed E-state index contributed by atoms with van der Waals surface area (Å²) in [5, 5.41) is 3.74. The molecule has 0 unspecified atom stereocenters. The van der Waals surface area contributed by atoms with Crippen molar-refractivity contribution in [2.45, 2.75) is 19.2 Å². The average Bonchev–Trinajstić information content (AvgIpc) is 2.43. The van der Waals surface area contributed by atoms with Crippen LogP contribution in [0.3, 0.4) is 0 Å². The van der Waals surface area contributed by atoms with Crippen LogP contribution in [0, 0.1) is 13.8 Å². The number of benzene rings is 2. The molecular formula is C16H16BrNO. The molecule has 2 rings (SSSR count). The van der Waals surface area contributed by atoms with Gasteiger partial charge < -0.3 is 5.32 Å². The van der Waals surface area contributed by atoms with Gasteiger partial charge in [-0.15, -0.1) is 0 Å². The van der Waals surface area contributed by atoms with E-state index >= 15 is 0 Å². The summed E-state index contributed by atoms with van der Waals surface area (Å²) in [6.45, 7) is 4.00. The second kappa shape index (κ2) is 6.02. The van der Waals surface area contributed by atoms with Gasteiger partial charge in [-0.3, -0.25) is 4.79 Å². The average molecular weight is 318 g/mol. The topological polar surface area (TPSA) is 29.1 Å².